The number of para-hydroxylation sites is 1. The molecule has 114 valence electrons. The van der Waals surface area contributed by atoms with Crippen molar-refractivity contribution in [2.45, 2.75) is 13.0 Å². The minimum absolute atomic E-state index is 0.247. The van der Waals surface area contributed by atoms with Gasteiger partial charge in [0, 0.05) is 5.69 Å². The second-order valence-corrected chi connectivity index (χ2v) is 4.63. The number of hydrogen-bond donors (Lipinski definition) is 1. The smallest absolute Gasteiger partial charge is 0.337 e. The molecule has 22 heavy (non-hydrogen) atoms. The normalized spacial score (nSPS) is 11.4. The minimum atomic E-state index is -0.663. The molecule has 0 fully saturated rings. The summed E-state index contributed by atoms with van der Waals surface area (Å²) in [4.78, 5) is 23.4. The van der Waals surface area contributed by atoms with Gasteiger partial charge in [-0.15, -0.1) is 0 Å². The molecule has 1 amide bonds. The van der Waals surface area contributed by atoms with Crippen molar-refractivity contribution >= 4 is 17.6 Å². The lowest BCUT2D eigenvalue weighted by Crippen LogP contribution is -2.30. The van der Waals surface area contributed by atoms with Gasteiger partial charge in [0.25, 0.3) is 5.91 Å². The van der Waals surface area contributed by atoms with E-state index in [1.54, 1.807) is 43.3 Å². The van der Waals surface area contributed by atoms with Crippen molar-refractivity contribution in [1.29, 1.82) is 0 Å². The van der Waals surface area contributed by atoms with E-state index in [4.69, 9.17) is 4.74 Å². The highest BCUT2D eigenvalue weighted by Crippen LogP contribution is 2.15. The van der Waals surface area contributed by atoms with Crippen molar-refractivity contribution in [2.24, 2.45) is 0 Å². The Morgan fingerprint density at radius 2 is 1.64 bits per heavy atom. The number of methoxy groups -OCH3 is 1. The van der Waals surface area contributed by atoms with Crippen LogP contribution < -0.4 is 10.1 Å². The van der Waals surface area contributed by atoms with Crippen LogP contribution in [0.1, 0.15) is 17.3 Å². The standard InChI is InChI=1S/C17H17NO4/c1-12(16(19)18-14-6-4-3-5-7-14)22-15-10-8-13(9-11-15)17(20)21-2/h3-12H,1-2H3,(H,18,19)/t12-/m1/s1. The lowest BCUT2D eigenvalue weighted by atomic mass is 10.2. The molecule has 0 aliphatic rings. The summed E-state index contributed by atoms with van der Waals surface area (Å²) >= 11 is 0. The van der Waals surface area contributed by atoms with Crippen LogP contribution in [0.15, 0.2) is 54.6 Å². The zero-order valence-electron chi connectivity index (χ0n) is 12.4. The molecule has 0 radical (unpaired) electrons. The van der Waals surface area contributed by atoms with Gasteiger partial charge >= 0.3 is 5.97 Å². The fourth-order valence-electron chi connectivity index (χ4n) is 1.81. The Labute approximate surface area is 128 Å². The van der Waals surface area contributed by atoms with Crippen LogP contribution in [0.25, 0.3) is 0 Å². The van der Waals surface area contributed by atoms with Gasteiger partial charge in [0.05, 0.1) is 12.7 Å². The van der Waals surface area contributed by atoms with Gasteiger partial charge in [-0.25, -0.2) is 4.79 Å². The molecule has 0 aromatic heterocycles. The average molecular weight is 299 g/mol. The largest absolute Gasteiger partial charge is 0.481 e. The highest BCUT2D eigenvalue weighted by molar-refractivity contribution is 5.94. The first-order valence-electron chi connectivity index (χ1n) is 6.81. The predicted molar refractivity (Wildman–Crippen MR) is 82.9 cm³/mol. The molecular weight excluding hydrogens is 282 g/mol. The Hall–Kier alpha value is -2.82. The number of hydrogen-bond acceptors (Lipinski definition) is 4. The number of anilines is 1. The molecule has 0 spiro atoms. The third-order valence-corrected chi connectivity index (χ3v) is 3.00. The minimum Gasteiger partial charge on any atom is -0.481 e. The quantitative estimate of drug-likeness (QED) is 0.862. The monoisotopic (exact) mass is 299 g/mol. The van der Waals surface area contributed by atoms with Gasteiger partial charge in [-0.3, -0.25) is 4.79 Å². The van der Waals surface area contributed by atoms with Crippen molar-refractivity contribution in [2.75, 3.05) is 12.4 Å². The number of carbonyl (C=O) groups excluding carboxylic acids is 2. The van der Waals surface area contributed by atoms with Crippen molar-refractivity contribution in [3.05, 3.63) is 60.2 Å². The van der Waals surface area contributed by atoms with Crippen molar-refractivity contribution < 1.29 is 19.1 Å². The second kappa shape index (κ2) is 7.26. The van der Waals surface area contributed by atoms with Gasteiger partial charge in [-0.1, -0.05) is 18.2 Å². The predicted octanol–water partition coefficient (Wildman–Crippen LogP) is 2.88. The highest BCUT2D eigenvalue weighted by atomic mass is 16.5. The molecule has 0 bridgehead atoms. The summed E-state index contributed by atoms with van der Waals surface area (Å²) in [6, 6.07) is 15.6. The number of carbonyl (C=O) groups is 2. The average Bonchev–Trinajstić information content (AvgIpc) is 2.55. The molecule has 0 aliphatic heterocycles. The van der Waals surface area contributed by atoms with Crippen LogP contribution in [0, 0.1) is 0 Å². The van der Waals surface area contributed by atoms with E-state index in [2.05, 4.69) is 10.1 Å². The van der Waals surface area contributed by atoms with Gasteiger partial charge in [0.1, 0.15) is 5.75 Å². The maximum Gasteiger partial charge on any atom is 0.337 e. The van der Waals surface area contributed by atoms with Gasteiger partial charge in [0.2, 0.25) is 0 Å². The summed E-state index contributed by atoms with van der Waals surface area (Å²) in [7, 11) is 1.32. The Bertz CT molecular complexity index is 637. The van der Waals surface area contributed by atoms with E-state index in [0.717, 1.165) is 0 Å². The first-order valence-corrected chi connectivity index (χ1v) is 6.81. The summed E-state index contributed by atoms with van der Waals surface area (Å²) < 4.78 is 10.2. The molecule has 0 heterocycles. The molecule has 1 atom stereocenters. The zero-order valence-corrected chi connectivity index (χ0v) is 12.4. The van der Waals surface area contributed by atoms with E-state index >= 15 is 0 Å². The lowest BCUT2D eigenvalue weighted by molar-refractivity contribution is -0.122. The van der Waals surface area contributed by atoms with Gasteiger partial charge in [-0.2, -0.15) is 0 Å². The van der Waals surface area contributed by atoms with Gasteiger partial charge in [-0.05, 0) is 43.3 Å². The second-order valence-electron chi connectivity index (χ2n) is 4.63. The number of esters is 1. The maximum atomic E-state index is 12.0. The molecular formula is C17H17NO4. The molecule has 0 saturated heterocycles. The first kappa shape index (κ1) is 15.6. The summed E-state index contributed by atoms with van der Waals surface area (Å²) in [6.45, 7) is 1.66. The van der Waals surface area contributed by atoms with Gasteiger partial charge < -0.3 is 14.8 Å². The number of ether oxygens (including phenoxy) is 2. The number of benzene rings is 2. The number of amides is 1. The van der Waals surface area contributed by atoms with Crippen LogP contribution in [0.4, 0.5) is 5.69 Å². The van der Waals surface area contributed by atoms with Crippen LogP contribution in [0.3, 0.4) is 0 Å². The number of rotatable bonds is 5. The lowest BCUT2D eigenvalue weighted by Gasteiger charge is -2.15. The molecule has 0 unspecified atom stereocenters. The summed E-state index contributed by atoms with van der Waals surface area (Å²) in [6.07, 6.45) is -0.663. The van der Waals surface area contributed by atoms with E-state index in [9.17, 15) is 9.59 Å². The van der Waals surface area contributed by atoms with Crippen molar-refractivity contribution in [3.63, 3.8) is 0 Å². The Kier molecular flexibility index (Phi) is 5.14. The maximum absolute atomic E-state index is 12.0. The van der Waals surface area contributed by atoms with Crippen LogP contribution in [-0.4, -0.2) is 25.1 Å². The van der Waals surface area contributed by atoms with E-state index < -0.39 is 12.1 Å². The van der Waals surface area contributed by atoms with Crippen molar-refractivity contribution in [1.82, 2.24) is 0 Å². The molecule has 2 aromatic rings. The molecule has 5 heteroatoms. The van der Waals surface area contributed by atoms with E-state index in [0.29, 0.717) is 17.0 Å². The fourth-order valence-corrected chi connectivity index (χ4v) is 1.81. The SMILES string of the molecule is COC(=O)c1ccc(O[C@H](C)C(=O)Nc2ccccc2)cc1. The van der Waals surface area contributed by atoms with Crippen LogP contribution in [0.5, 0.6) is 5.75 Å². The van der Waals surface area contributed by atoms with E-state index in [1.807, 2.05) is 18.2 Å². The Balaban J connectivity index is 1.95. The molecule has 0 aliphatic carbocycles. The Morgan fingerprint density at radius 1 is 1.00 bits per heavy atom. The van der Waals surface area contributed by atoms with E-state index in [-0.39, 0.29) is 5.91 Å². The number of nitrogens with one attached hydrogen (secondary N) is 1. The highest BCUT2D eigenvalue weighted by Gasteiger charge is 2.15. The zero-order chi connectivity index (χ0) is 15.9. The van der Waals surface area contributed by atoms with Crippen LogP contribution in [0.2, 0.25) is 0 Å². The Morgan fingerprint density at radius 3 is 2.23 bits per heavy atom. The van der Waals surface area contributed by atoms with Crippen molar-refractivity contribution in [3.8, 4) is 5.75 Å². The van der Waals surface area contributed by atoms with E-state index in [1.165, 1.54) is 7.11 Å². The van der Waals surface area contributed by atoms with Crippen LogP contribution in [-0.2, 0) is 9.53 Å². The summed E-state index contributed by atoms with van der Waals surface area (Å²) in [5, 5.41) is 2.76. The molecule has 1 N–H and O–H groups in total. The summed E-state index contributed by atoms with van der Waals surface area (Å²) in [5.74, 6) is -0.159. The van der Waals surface area contributed by atoms with Gasteiger partial charge in [0.15, 0.2) is 6.10 Å². The molecule has 2 aromatic carbocycles. The third kappa shape index (κ3) is 4.09. The summed E-state index contributed by atoms with van der Waals surface area (Å²) in [5.41, 5.74) is 1.14. The molecule has 5 nitrogen and oxygen atoms in total. The third-order valence-electron chi connectivity index (χ3n) is 3.00. The molecule has 2 rings (SSSR count). The van der Waals surface area contributed by atoms with Crippen LogP contribution >= 0.6 is 0 Å². The fraction of sp³-hybridized carbons (Fsp3) is 0.176. The molecule has 0 saturated carbocycles. The topological polar surface area (TPSA) is 64.6 Å². The first-order chi connectivity index (χ1) is 10.6.